The van der Waals surface area contributed by atoms with Crippen molar-refractivity contribution in [3.63, 3.8) is 0 Å². The number of aliphatic carboxylic acids is 1. The summed E-state index contributed by atoms with van der Waals surface area (Å²) in [5.74, 6) is -1.22. The molecule has 1 unspecified atom stereocenters. The van der Waals surface area contributed by atoms with Crippen molar-refractivity contribution in [3.8, 4) is 0 Å². The van der Waals surface area contributed by atoms with Crippen LogP contribution >= 0.6 is 0 Å². The second kappa shape index (κ2) is 7.31. The smallest absolute Gasteiger partial charge is 0.326 e. The van der Waals surface area contributed by atoms with Crippen molar-refractivity contribution in [3.05, 3.63) is 29.8 Å². The van der Waals surface area contributed by atoms with Gasteiger partial charge in [0.2, 0.25) is 10.0 Å². The number of hydrogen-bond acceptors (Lipinski definition) is 4. The summed E-state index contributed by atoms with van der Waals surface area (Å²) in [5, 5.41) is 11.7. The Labute approximate surface area is 141 Å². The molecule has 1 saturated carbocycles. The molecule has 0 radical (unpaired) electrons. The fourth-order valence-corrected chi connectivity index (χ4v) is 3.56. The molecule has 132 valence electrons. The molecule has 7 nitrogen and oxygen atoms in total. The Morgan fingerprint density at radius 2 is 1.79 bits per heavy atom. The first kappa shape index (κ1) is 18.4. The van der Waals surface area contributed by atoms with Gasteiger partial charge in [-0.15, -0.1) is 0 Å². The molecular weight excluding hydrogens is 332 g/mol. The van der Waals surface area contributed by atoms with Gasteiger partial charge in [-0.3, -0.25) is 4.79 Å². The quantitative estimate of drug-likeness (QED) is 0.652. The van der Waals surface area contributed by atoms with Gasteiger partial charge < -0.3 is 10.4 Å². The Balaban J connectivity index is 2.06. The van der Waals surface area contributed by atoms with E-state index >= 15 is 0 Å². The van der Waals surface area contributed by atoms with Crippen molar-refractivity contribution < 1.29 is 23.1 Å². The van der Waals surface area contributed by atoms with Gasteiger partial charge in [0.15, 0.2) is 0 Å². The number of carboxylic acid groups (broad SMARTS) is 1. The number of benzene rings is 1. The number of amides is 1. The minimum Gasteiger partial charge on any atom is -0.480 e. The maximum absolute atomic E-state index is 12.2. The zero-order valence-corrected chi connectivity index (χ0v) is 14.5. The summed E-state index contributed by atoms with van der Waals surface area (Å²) in [4.78, 5) is 23.4. The largest absolute Gasteiger partial charge is 0.480 e. The molecule has 0 spiro atoms. The van der Waals surface area contributed by atoms with Gasteiger partial charge in [0, 0.05) is 11.6 Å². The first-order valence-electron chi connectivity index (χ1n) is 7.85. The number of carboxylic acids is 1. The van der Waals surface area contributed by atoms with E-state index in [2.05, 4.69) is 10.0 Å². The van der Waals surface area contributed by atoms with Crippen LogP contribution in [-0.2, 0) is 14.8 Å². The zero-order chi connectivity index (χ0) is 17.9. The number of nitrogens with one attached hydrogen (secondary N) is 2. The Hall–Kier alpha value is -1.93. The highest BCUT2D eigenvalue weighted by molar-refractivity contribution is 7.89. The standard InChI is InChI=1S/C16H22N2O5S/c1-10(2)18-24(22,23)13-7-5-12(6-8-13)15(19)17-14(16(20)21)9-11-3-4-11/h5-8,10-11,14,18H,3-4,9H2,1-2H3,(H,17,19)(H,20,21). The van der Waals surface area contributed by atoms with Gasteiger partial charge in [0.25, 0.3) is 5.91 Å². The molecule has 0 saturated heterocycles. The molecule has 1 aliphatic carbocycles. The van der Waals surface area contributed by atoms with Gasteiger partial charge in [0.1, 0.15) is 6.04 Å². The van der Waals surface area contributed by atoms with Crippen molar-refractivity contribution in [1.29, 1.82) is 0 Å². The first-order chi connectivity index (χ1) is 11.2. The van der Waals surface area contributed by atoms with E-state index in [9.17, 15) is 23.1 Å². The second-order valence-corrected chi connectivity index (χ2v) is 8.06. The van der Waals surface area contributed by atoms with Crippen LogP contribution in [0.4, 0.5) is 0 Å². The molecule has 1 aliphatic rings. The fraction of sp³-hybridized carbons (Fsp3) is 0.500. The molecule has 8 heteroatoms. The Bertz CT molecular complexity index is 708. The summed E-state index contributed by atoms with van der Waals surface area (Å²) < 4.78 is 26.5. The minimum absolute atomic E-state index is 0.0560. The average molecular weight is 354 g/mol. The lowest BCUT2D eigenvalue weighted by Gasteiger charge is -2.14. The third-order valence-electron chi connectivity index (χ3n) is 3.69. The summed E-state index contributed by atoms with van der Waals surface area (Å²) in [6.45, 7) is 3.43. The van der Waals surface area contributed by atoms with Gasteiger partial charge >= 0.3 is 5.97 Å². The van der Waals surface area contributed by atoms with Crippen LogP contribution in [-0.4, -0.2) is 37.5 Å². The molecular formula is C16H22N2O5S. The van der Waals surface area contributed by atoms with E-state index in [1.807, 2.05) is 0 Å². The fourth-order valence-electron chi connectivity index (χ4n) is 2.31. The number of hydrogen-bond donors (Lipinski definition) is 3. The van der Waals surface area contributed by atoms with Crippen molar-refractivity contribution in [2.75, 3.05) is 0 Å². The van der Waals surface area contributed by atoms with Crippen molar-refractivity contribution in [2.45, 2.75) is 50.1 Å². The molecule has 2 rings (SSSR count). The first-order valence-corrected chi connectivity index (χ1v) is 9.33. The molecule has 1 aromatic carbocycles. The van der Waals surface area contributed by atoms with Crippen LogP contribution in [0, 0.1) is 5.92 Å². The van der Waals surface area contributed by atoms with Crippen LogP contribution in [0.1, 0.15) is 43.5 Å². The lowest BCUT2D eigenvalue weighted by molar-refractivity contribution is -0.139. The predicted molar refractivity (Wildman–Crippen MR) is 88.1 cm³/mol. The molecule has 0 heterocycles. The predicted octanol–water partition coefficient (Wildman–Crippen LogP) is 1.36. The molecule has 1 fully saturated rings. The van der Waals surface area contributed by atoms with Gasteiger partial charge in [-0.05, 0) is 50.5 Å². The Morgan fingerprint density at radius 1 is 1.21 bits per heavy atom. The number of sulfonamides is 1. The van der Waals surface area contributed by atoms with Crippen LogP contribution in [0.2, 0.25) is 0 Å². The molecule has 0 aliphatic heterocycles. The van der Waals surface area contributed by atoms with Crippen LogP contribution in [0.3, 0.4) is 0 Å². The van der Waals surface area contributed by atoms with Gasteiger partial charge in [-0.25, -0.2) is 17.9 Å². The molecule has 1 amide bonds. The molecule has 1 aromatic rings. The summed E-state index contributed by atoms with van der Waals surface area (Å²) in [5.41, 5.74) is 0.223. The van der Waals surface area contributed by atoms with Crippen molar-refractivity contribution in [2.24, 2.45) is 5.92 Å². The van der Waals surface area contributed by atoms with E-state index in [0.717, 1.165) is 12.8 Å². The lowest BCUT2D eigenvalue weighted by Crippen LogP contribution is -2.41. The third-order valence-corrected chi connectivity index (χ3v) is 5.36. The lowest BCUT2D eigenvalue weighted by atomic mass is 10.1. The molecule has 0 bridgehead atoms. The maximum atomic E-state index is 12.2. The monoisotopic (exact) mass is 354 g/mol. The zero-order valence-electron chi connectivity index (χ0n) is 13.7. The summed E-state index contributed by atoms with van der Waals surface area (Å²) in [6, 6.07) is 4.25. The topological polar surface area (TPSA) is 113 Å². The number of carbonyl (C=O) groups is 2. The van der Waals surface area contributed by atoms with E-state index in [0.29, 0.717) is 12.3 Å². The van der Waals surface area contributed by atoms with Crippen molar-refractivity contribution >= 4 is 21.9 Å². The molecule has 1 atom stereocenters. The highest BCUT2D eigenvalue weighted by atomic mass is 32.2. The second-order valence-electron chi connectivity index (χ2n) is 6.34. The van der Waals surface area contributed by atoms with E-state index in [1.165, 1.54) is 24.3 Å². The van der Waals surface area contributed by atoms with Crippen LogP contribution in [0.5, 0.6) is 0 Å². The van der Waals surface area contributed by atoms with Crippen LogP contribution < -0.4 is 10.0 Å². The molecule has 3 N–H and O–H groups in total. The van der Waals surface area contributed by atoms with Gasteiger partial charge in [0.05, 0.1) is 4.90 Å². The maximum Gasteiger partial charge on any atom is 0.326 e. The van der Waals surface area contributed by atoms with E-state index < -0.39 is 27.9 Å². The van der Waals surface area contributed by atoms with Crippen LogP contribution in [0.25, 0.3) is 0 Å². The Kier molecular flexibility index (Phi) is 5.61. The summed E-state index contributed by atoms with van der Waals surface area (Å²) in [7, 11) is -3.62. The Morgan fingerprint density at radius 3 is 2.25 bits per heavy atom. The SMILES string of the molecule is CC(C)NS(=O)(=O)c1ccc(C(=O)NC(CC2CC2)C(=O)O)cc1. The van der Waals surface area contributed by atoms with Gasteiger partial charge in [-0.2, -0.15) is 0 Å². The highest BCUT2D eigenvalue weighted by Crippen LogP contribution is 2.33. The average Bonchev–Trinajstić information content (AvgIpc) is 3.29. The van der Waals surface area contributed by atoms with E-state index in [1.54, 1.807) is 13.8 Å². The summed E-state index contributed by atoms with van der Waals surface area (Å²) >= 11 is 0. The van der Waals surface area contributed by atoms with Crippen LogP contribution in [0.15, 0.2) is 29.2 Å². The molecule has 24 heavy (non-hydrogen) atoms. The normalized spacial score (nSPS) is 16.0. The highest BCUT2D eigenvalue weighted by Gasteiger charge is 2.30. The van der Waals surface area contributed by atoms with Crippen molar-refractivity contribution in [1.82, 2.24) is 10.0 Å². The molecule has 0 aromatic heterocycles. The third kappa shape index (κ3) is 5.04. The minimum atomic E-state index is -3.62. The van der Waals surface area contributed by atoms with E-state index in [-0.39, 0.29) is 16.5 Å². The summed E-state index contributed by atoms with van der Waals surface area (Å²) in [6.07, 6.45) is 2.41. The number of carbonyl (C=O) groups excluding carboxylic acids is 1. The number of rotatable bonds is 8. The van der Waals surface area contributed by atoms with E-state index in [4.69, 9.17) is 0 Å². The van der Waals surface area contributed by atoms with Gasteiger partial charge in [-0.1, -0.05) is 12.8 Å².